The van der Waals surface area contributed by atoms with Gasteiger partial charge in [0, 0.05) is 42.7 Å². The van der Waals surface area contributed by atoms with Gasteiger partial charge >= 0.3 is 0 Å². The molecule has 0 radical (unpaired) electrons. The Labute approximate surface area is 239 Å². The number of allylic oxidation sites excluding steroid dienone is 1. The van der Waals surface area contributed by atoms with Gasteiger partial charge in [0.25, 0.3) is 0 Å². The standard InChI is InChI=1S/C33H43N5O2/c1-23(2)37-21-30(20-35)28-15-16-36-32(18-28)38(33(39)26-7-5-4-6-8-26)22-24-9-11-25(12-10-24)27-13-14-31(40-3)29(17-27)19-34/h13-18,20-21,23-26H,4-12,22,35H2,1-3H3. The number of ether oxygens (including phenoxy) is 1. The minimum Gasteiger partial charge on any atom is -0.495 e. The van der Waals surface area contributed by atoms with Crippen molar-refractivity contribution >= 4 is 23.5 Å². The number of carbonyl (C=O) groups excluding carboxylic acids is 1. The van der Waals surface area contributed by atoms with E-state index in [4.69, 9.17) is 10.5 Å². The van der Waals surface area contributed by atoms with Gasteiger partial charge in [0.2, 0.25) is 5.91 Å². The van der Waals surface area contributed by atoms with Crippen molar-refractivity contribution in [1.29, 1.82) is 5.26 Å². The molecule has 0 bridgehead atoms. The molecule has 1 heterocycles. The fourth-order valence-corrected chi connectivity index (χ4v) is 6.06. The van der Waals surface area contributed by atoms with Crippen LogP contribution in [0.25, 0.3) is 5.57 Å². The van der Waals surface area contributed by atoms with Crippen LogP contribution in [-0.4, -0.2) is 36.8 Å². The van der Waals surface area contributed by atoms with E-state index >= 15 is 0 Å². The quantitative estimate of drug-likeness (QED) is 0.359. The van der Waals surface area contributed by atoms with E-state index < -0.39 is 0 Å². The minimum atomic E-state index is 0.0614. The molecule has 0 spiro atoms. The van der Waals surface area contributed by atoms with Crippen LogP contribution in [0.3, 0.4) is 0 Å². The van der Waals surface area contributed by atoms with E-state index in [1.165, 1.54) is 12.0 Å². The maximum absolute atomic E-state index is 13.9. The van der Waals surface area contributed by atoms with Crippen LogP contribution in [0.5, 0.6) is 5.75 Å². The highest BCUT2D eigenvalue weighted by atomic mass is 16.5. The van der Waals surface area contributed by atoms with Crippen LogP contribution in [-0.2, 0) is 4.79 Å². The molecule has 2 aromatic rings. The Hall–Kier alpha value is -3.66. The molecule has 7 nitrogen and oxygen atoms in total. The molecule has 1 aromatic heterocycles. The third-order valence-corrected chi connectivity index (χ3v) is 8.37. The zero-order valence-electron chi connectivity index (χ0n) is 24.2. The molecule has 1 aromatic carbocycles. The van der Waals surface area contributed by atoms with Gasteiger partial charge in [-0.3, -0.25) is 14.7 Å². The highest BCUT2D eigenvalue weighted by Gasteiger charge is 2.31. The van der Waals surface area contributed by atoms with Gasteiger partial charge in [-0.1, -0.05) is 25.3 Å². The van der Waals surface area contributed by atoms with E-state index in [9.17, 15) is 10.1 Å². The highest BCUT2D eigenvalue weighted by molar-refractivity contribution is 6.10. The van der Waals surface area contributed by atoms with Crippen molar-refractivity contribution in [3.63, 3.8) is 0 Å². The Kier molecular flexibility index (Phi) is 10.3. The number of nitrogens with zero attached hydrogens (tertiary/aromatic N) is 4. The number of amides is 1. The third-order valence-electron chi connectivity index (χ3n) is 8.37. The molecule has 40 heavy (non-hydrogen) atoms. The molecule has 1 amide bonds. The van der Waals surface area contributed by atoms with Crippen molar-refractivity contribution in [1.82, 2.24) is 4.98 Å². The Bertz CT molecular complexity index is 1250. The summed E-state index contributed by atoms with van der Waals surface area (Å²) in [7, 11) is 1.60. The minimum absolute atomic E-state index is 0.0614. The maximum atomic E-state index is 13.9. The smallest absolute Gasteiger partial charge is 0.231 e. The van der Waals surface area contributed by atoms with Crippen molar-refractivity contribution in [2.45, 2.75) is 83.6 Å². The first-order valence-electron chi connectivity index (χ1n) is 14.7. The van der Waals surface area contributed by atoms with Gasteiger partial charge in [0.1, 0.15) is 17.6 Å². The second kappa shape index (κ2) is 14.1. The molecule has 0 aliphatic heterocycles. The molecule has 7 heteroatoms. The first-order chi connectivity index (χ1) is 19.4. The average Bonchev–Trinajstić information content (AvgIpc) is 3.00. The van der Waals surface area contributed by atoms with Crippen molar-refractivity contribution in [3.8, 4) is 11.8 Å². The predicted molar refractivity (Wildman–Crippen MR) is 161 cm³/mol. The fourth-order valence-electron chi connectivity index (χ4n) is 6.06. The van der Waals surface area contributed by atoms with Gasteiger partial charge < -0.3 is 10.5 Å². The van der Waals surface area contributed by atoms with Crippen molar-refractivity contribution in [2.75, 3.05) is 18.6 Å². The van der Waals surface area contributed by atoms with Crippen LogP contribution < -0.4 is 15.4 Å². The molecule has 2 saturated carbocycles. The van der Waals surface area contributed by atoms with Gasteiger partial charge in [-0.25, -0.2) is 4.98 Å². The zero-order valence-corrected chi connectivity index (χ0v) is 24.2. The molecule has 2 aliphatic carbocycles. The van der Waals surface area contributed by atoms with Crippen LogP contribution in [0, 0.1) is 23.2 Å². The Morgan fingerprint density at radius 2 is 1.90 bits per heavy atom. The third kappa shape index (κ3) is 7.29. The summed E-state index contributed by atoms with van der Waals surface area (Å²) in [6.45, 7) is 4.73. The van der Waals surface area contributed by atoms with Gasteiger partial charge in [-0.2, -0.15) is 5.26 Å². The number of nitrogens with two attached hydrogens (primary N) is 1. The monoisotopic (exact) mass is 541 g/mol. The summed E-state index contributed by atoms with van der Waals surface area (Å²) in [5.74, 6) is 2.39. The van der Waals surface area contributed by atoms with E-state index in [1.807, 2.05) is 43.0 Å². The van der Waals surface area contributed by atoms with Crippen LogP contribution in [0.15, 0.2) is 47.7 Å². The lowest BCUT2D eigenvalue weighted by atomic mass is 9.78. The molecular weight excluding hydrogens is 498 g/mol. The topological polar surface area (TPSA) is 105 Å². The number of carbonyl (C=O) groups is 1. The first-order valence-corrected chi connectivity index (χ1v) is 14.7. The Morgan fingerprint density at radius 3 is 2.55 bits per heavy atom. The largest absolute Gasteiger partial charge is 0.495 e. The summed E-state index contributed by atoms with van der Waals surface area (Å²) in [6, 6.07) is 12.3. The molecule has 0 unspecified atom stereocenters. The molecule has 2 fully saturated rings. The Morgan fingerprint density at radius 1 is 1.15 bits per heavy atom. The zero-order chi connectivity index (χ0) is 28.5. The van der Waals surface area contributed by atoms with Crippen molar-refractivity contribution in [2.24, 2.45) is 22.6 Å². The number of aliphatic imine (C=N–C) groups is 1. The second-order valence-electron chi connectivity index (χ2n) is 11.5. The normalized spacial score (nSPS) is 20.4. The summed E-state index contributed by atoms with van der Waals surface area (Å²) < 4.78 is 5.32. The number of hydrogen-bond acceptors (Lipinski definition) is 6. The second-order valence-corrected chi connectivity index (χ2v) is 11.5. The fraction of sp³-hybridized carbons (Fsp3) is 0.515. The summed E-state index contributed by atoms with van der Waals surface area (Å²) >= 11 is 0. The van der Waals surface area contributed by atoms with E-state index in [2.05, 4.69) is 22.1 Å². The van der Waals surface area contributed by atoms with Gasteiger partial charge in [-0.05, 0) is 99.6 Å². The van der Waals surface area contributed by atoms with Crippen LogP contribution in [0.4, 0.5) is 5.82 Å². The average molecular weight is 542 g/mol. The number of anilines is 1. The van der Waals surface area contributed by atoms with E-state index in [-0.39, 0.29) is 17.9 Å². The summed E-state index contributed by atoms with van der Waals surface area (Å²) in [4.78, 5) is 25.1. The number of rotatable bonds is 9. The van der Waals surface area contributed by atoms with Gasteiger partial charge in [-0.15, -0.1) is 0 Å². The first kappa shape index (κ1) is 29.3. The predicted octanol–water partition coefficient (Wildman–Crippen LogP) is 6.63. The highest BCUT2D eigenvalue weighted by Crippen LogP contribution is 2.38. The number of nitriles is 1. The summed E-state index contributed by atoms with van der Waals surface area (Å²) in [5, 5.41) is 9.51. The van der Waals surface area contributed by atoms with Crippen LogP contribution >= 0.6 is 0 Å². The lowest BCUT2D eigenvalue weighted by Gasteiger charge is -2.35. The van der Waals surface area contributed by atoms with E-state index in [0.29, 0.717) is 35.5 Å². The number of benzene rings is 1. The molecule has 4 rings (SSSR count). The molecular formula is C33H43N5O2. The van der Waals surface area contributed by atoms with Gasteiger partial charge in [0.15, 0.2) is 0 Å². The number of aromatic nitrogens is 1. The maximum Gasteiger partial charge on any atom is 0.231 e. The van der Waals surface area contributed by atoms with Crippen molar-refractivity contribution < 1.29 is 9.53 Å². The van der Waals surface area contributed by atoms with Crippen LogP contribution in [0.2, 0.25) is 0 Å². The lowest BCUT2D eigenvalue weighted by molar-refractivity contribution is -0.123. The Balaban J connectivity index is 1.52. The molecule has 2 aliphatic rings. The lowest BCUT2D eigenvalue weighted by Crippen LogP contribution is -2.41. The summed E-state index contributed by atoms with van der Waals surface area (Å²) in [6.07, 6.45) is 14.6. The van der Waals surface area contributed by atoms with E-state index in [1.54, 1.807) is 25.7 Å². The molecule has 0 saturated heterocycles. The number of pyridine rings is 1. The molecule has 0 atom stereocenters. The molecule has 212 valence electrons. The number of methoxy groups -OCH3 is 1. The SMILES string of the molecule is COc1ccc(C2CCC(CN(C(=O)C3CCCCC3)c3cc(C(C=NC(C)C)=CN)ccn3)CC2)cc1C#N. The van der Waals surface area contributed by atoms with Crippen LogP contribution in [0.1, 0.15) is 94.2 Å². The van der Waals surface area contributed by atoms with Gasteiger partial charge in [0.05, 0.1) is 12.7 Å². The summed E-state index contributed by atoms with van der Waals surface area (Å²) in [5.41, 5.74) is 9.47. The molecule has 2 N–H and O–H groups in total. The van der Waals surface area contributed by atoms with E-state index in [0.717, 1.165) is 62.5 Å². The number of hydrogen-bond donors (Lipinski definition) is 1. The van der Waals surface area contributed by atoms with Crippen molar-refractivity contribution in [3.05, 3.63) is 59.4 Å².